The molecule has 0 saturated carbocycles. The summed E-state index contributed by atoms with van der Waals surface area (Å²) in [4.78, 5) is 18.5. The summed E-state index contributed by atoms with van der Waals surface area (Å²) in [5, 5.41) is 2.92. The average Bonchev–Trinajstić information content (AvgIpc) is 2.33. The van der Waals surface area contributed by atoms with Gasteiger partial charge in [0.1, 0.15) is 5.52 Å². The molecule has 0 aliphatic heterocycles. The second-order valence-corrected chi connectivity index (χ2v) is 4.39. The van der Waals surface area contributed by atoms with Crippen LogP contribution in [0, 0.1) is 0 Å². The lowest BCUT2D eigenvalue weighted by Crippen LogP contribution is -2.07. The molecule has 0 saturated heterocycles. The summed E-state index contributed by atoms with van der Waals surface area (Å²) in [5.41, 5.74) is 0.303. The number of nitrogens with one attached hydrogen (secondary N) is 1. The van der Waals surface area contributed by atoms with Crippen molar-refractivity contribution in [2.45, 2.75) is 0 Å². The lowest BCUT2D eigenvalue weighted by Gasteiger charge is -2.03. The van der Waals surface area contributed by atoms with Crippen molar-refractivity contribution in [1.82, 2.24) is 9.97 Å². The Bertz CT molecular complexity index is 749. The van der Waals surface area contributed by atoms with Crippen LogP contribution in [0.25, 0.3) is 21.7 Å². The Hall–Kier alpha value is -1.68. The SMILES string of the molecule is O=c1[nH]cc(Br)c2c1ncc1ccccc12. The third-order valence-electron chi connectivity index (χ3n) is 2.58. The molecule has 0 amide bonds. The Morgan fingerprint density at radius 2 is 2.06 bits per heavy atom. The van der Waals surface area contributed by atoms with Crippen LogP contribution in [0.5, 0.6) is 0 Å². The van der Waals surface area contributed by atoms with Gasteiger partial charge in [-0.05, 0) is 21.3 Å². The molecular formula is C12H7BrN2O. The molecule has 0 aliphatic rings. The number of hydrogen-bond donors (Lipinski definition) is 1. The van der Waals surface area contributed by atoms with Gasteiger partial charge in [-0.25, -0.2) is 4.98 Å². The van der Waals surface area contributed by atoms with E-state index in [9.17, 15) is 4.79 Å². The molecule has 0 atom stereocenters. The van der Waals surface area contributed by atoms with Crippen molar-refractivity contribution in [1.29, 1.82) is 0 Å². The van der Waals surface area contributed by atoms with Gasteiger partial charge in [0.25, 0.3) is 5.56 Å². The van der Waals surface area contributed by atoms with Gasteiger partial charge >= 0.3 is 0 Å². The fraction of sp³-hybridized carbons (Fsp3) is 0. The van der Waals surface area contributed by atoms with E-state index in [2.05, 4.69) is 25.9 Å². The summed E-state index contributed by atoms with van der Waals surface area (Å²) >= 11 is 3.44. The number of rotatable bonds is 0. The number of halogens is 1. The van der Waals surface area contributed by atoms with Gasteiger partial charge in [0.05, 0.1) is 0 Å². The molecule has 2 aromatic heterocycles. The molecule has 0 bridgehead atoms. The molecule has 78 valence electrons. The number of aromatic amines is 1. The summed E-state index contributed by atoms with van der Waals surface area (Å²) in [6.07, 6.45) is 3.37. The van der Waals surface area contributed by atoms with Crippen molar-refractivity contribution in [3.63, 3.8) is 0 Å². The predicted octanol–water partition coefficient (Wildman–Crippen LogP) is 2.84. The van der Waals surface area contributed by atoms with Gasteiger partial charge in [0.15, 0.2) is 0 Å². The molecule has 3 aromatic rings. The first-order chi connectivity index (χ1) is 7.77. The summed E-state index contributed by atoms with van der Waals surface area (Å²) < 4.78 is 0.853. The second kappa shape index (κ2) is 3.42. The highest BCUT2D eigenvalue weighted by molar-refractivity contribution is 9.10. The van der Waals surface area contributed by atoms with Gasteiger partial charge in [0, 0.05) is 27.6 Å². The van der Waals surface area contributed by atoms with Gasteiger partial charge in [0.2, 0.25) is 0 Å². The number of nitrogens with zero attached hydrogens (tertiary/aromatic N) is 1. The maximum Gasteiger partial charge on any atom is 0.274 e. The van der Waals surface area contributed by atoms with Crippen molar-refractivity contribution in [2.75, 3.05) is 0 Å². The lowest BCUT2D eigenvalue weighted by atomic mass is 10.1. The summed E-state index contributed by atoms with van der Waals surface area (Å²) in [5.74, 6) is 0. The van der Waals surface area contributed by atoms with Crippen LogP contribution in [-0.4, -0.2) is 9.97 Å². The largest absolute Gasteiger partial charge is 0.326 e. The number of hydrogen-bond acceptors (Lipinski definition) is 2. The van der Waals surface area contributed by atoms with E-state index in [1.165, 1.54) is 0 Å². The highest BCUT2D eigenvalue weighted by atomic mass is 79.9. The van der Waals surface area contributed by atoms with E-state index in [-0.39, 0.29) is 5.56 Å². The van der Waals surface area contributed by atoms with Crippen LogP contribution in [0.1, 0.15) is 0 Å². The zero-order valence-electron chi connectivity index (χ0n) is 8.20. The smallest absolute Gasteiger partial charge is 0.274 e. The minimum Gasteiger partial charge on any atom is -0.326 e. The third-order valence-corrected chi connectivity index (χ3v) is 3.21. The molecule has 16 heavy (non-hydrogen) atoms. The van der Waals surface area contributed by atoms with Crippen LogP contribution in [0.3, 0.4) is 0 Å². The standard InChI is InChI=1S/C12H7BrN2O/c13-9-6-15-12(16)11-10(9)8-4-2-1-3-7(8)5-14-11/h1-6H,(H,15,16). The monoisotopic (exact) mass is 274 g/mol. The van der Waals surface area contributed by atoms with E-state index in [1.54, 1.807) is 12.4 Å². The third kappa shape index (κ3) is 1.27. The molecule has 0 aliphatic carbocycles. The Morgan fingerprint density at radius 1 is 1.25 bits per heavy atom. The predicted molar refractivity (Wildman–Crippen MR) is 67.6 cm³/mol. The minimum atomic E-state index is -0.163. The molecule has 3 nitrogen and oxygen atoms in total. The molecule has 3 rings (SSSR count). The molecular weight excluding hydrogens is 268 g/mol. The fourth-order valence-corrected chi connectivity index (χ4v) is 2.36. The Labute approximate surface area is 99.3 Å². The summed E-state index contributed by atoms with van der Waals surface area (Å²) in [7, 11) is 0. The summed E-state index contributed by atoms with van der Waals surface area (Å²) in [6.45, 7) is 0. The lowest BCUT2D eigenvalue weighted by molar-refractivity contribution is 1.23. The fourth-order valence-electron chi connectivity index (χ4n) is 1.85. The van der Waals surface area contributed by atoms with Crippen LogP contribution in [0.4, 0.5) is 0 Å². The topological polar surface area (TPSA) is 45.8 Å². The van der Waals surface area contributed by atoms with Crippen molar-refractivity contribution in [2.24, 2.45) is 0 Å². The van der Waals surface area contributed by atoms with Crippen molar-refractivity contribution < 1.29 is 0 Å². The first kappa shape index (κ1) is 9.54. The highest BCUT2D eigenvalue weighted by Gasteiger charge is 2.07. The van der Waals surface area contributed by atoms with E-state index in [1.807, 2.05) is 24.3 Å². The van der Waals surface area contributed by atoms with Gasteiger partial charge in [-0.1, -0.05) is 24.3 Å². The number of benzene rings is 1. The zero-order chi connectivity index (χ0) is 11.1. The van der Waals surface area contributed by atoms with E-state index in [4.69, 9.17) is 0 Å². The molecule has 0 fully saturated rings. The van der Waals surface area contributed by atoms with Crippen LogP contribution in [-0.2, 0) is 0 Å². The van der Waals surface area contributed by atoms with Crippen LogP contribution < -0.4 is 5.56 Å². The van der Waals surface area contributed by atoms with E-state index in [0.29, 0.717) is 5.52 Å². The average molecular weight is 275 g/mol. The van der Waals surface area contributed by atoms with E-state index < -0.39 is 0 Å². The highest BCUT2D eigenvalue weighted by Crippen LogP contribution is 2.27. The van der Waals surface area contributed by atoms with Gasteiger partial charge in [-0.2, -0.15) is 0 Å². The number of H-pyrrole nitrogens is 1. The van der Waals surface area contributed by atoms with Gasteiger partial charge in [-0.15, -0.1) is 0 Å². The molecule has 1 aromatic carbocycles. The van der Waals surface area contributed by atoms with Gasteiger partial charge in [-0.3, -0.25) is 4.79 Å². The first-order valence-electron chi connectivity index (χ1n) is 4.82. The zero-order valence-corrected chi connectivity index (χ0v) is 9.78. The molecule has 0 radical (unpaired) electrons. The Kier molecular flexibility index (Phi) is 2.04. The Balaban J connectivity index is 2.70. The van der Waals surface area contributed by atoms with Crippen LogP contribution in [0.2, 0.25) is 0 Å². The Morgan fingerprint density at radius 3 is 2.94 bits per heavy atom. The number of fused-ring (bicyclic) bond motifs is 3. The second-order valence-electron chi connectivity index (χ2n) is 3.53. The normalized spacial score (nSPS) is 11.1. The van der Waals surface area contributed by atoms with E-state index >= 15 is 0 Å². The summed E-state index contributed by atoms with van der Waals surface area (Å²) in [6, 6.07) is 7.88. The number of pyridine rings is 2. The van der Waals surface area contributed by atoms with Crippen molar-refractivity contribution in [3.05, 3.63) is 51.5 Å². The molecule has 0 spiro atoms. The van der Waals surface area contributed by atoms with E-state index in [0.717, 1.165) is 20.6 Å². The molecule has 2 heterocycles. The maximum absolute atomic E-state index is 11.6. The van der Waals surface area contributed by atoms with Crippen LogP contribution >= 0.6 is 15.9 Å². The molecule has 0 unspecified atom stereocenters. The maximum atomic E-state index is 11.6. The number of aromatic nitrogens is 2. The quantitative estimate of drug-likeness (QED) is 0.641. The van der Waals surface area contributed by atoms with Gasteiger partial charge < -0.3 is 4.98 Å². The first-order valence-corrected chi connectivity index (χ1v) is 5.61. The minimum absolute atomic E-state index is 0.163. The molecule has 1 N–H and O–H groups in total. The van der Waals surface area contributed by atoms with Crippen molar-refractivity contribution in [3.8, 4) is 0 Å². The van der Waals surface area contributed by atoms with Crippen molar-refractivity contribution >= 4 is 37.6 Å². The molecule has 4 heteroatoms. The van der Waals surface area contributed by atoms with Crippen LogP contribution in [0.15, 0.2) is 45.9 Å².